The van der Waals surface area contributed by atoms with E-state index in [4.69, 9.17) is 16.5 Å². The van der Waals surface area contributed by atoms with Crippen LogP contribution in [0.1, 0.15) is 51.3 Å². The van der Waals surface area contributed by atoms with Gasteiger partial charge in [0.05, 0.1) is 25.6 Å². The number of rotatable bonds is 8. The number of hydrogen-bond donors (Lipinski definition) is 2. The van der Waals surface area contributed by atoms with E-state index < -0.39 is 6.04 Å². The van der Waals surface area contributed by atoms with Crippen LogP contribution in [-0.4, -0.2) is 30.0 Å². The number of carbonyl (C=O) groups is 2. The summed E-state index contributed by atoms with van der Waals surface area (Å²) < 4.78 is 5.11. The minimum absolute atomic E-state index is 0.0297. The highest BCUT2D eigenvalue weighted by Crippen LogP contribution is 2.32. The van der Waals surface area contributed by atoms with Gasteiger partial charge in [-0.2, -0.15) is 0 Å². The summed E-state index contributed by atoms with van der Waals surface area (Å²) in [5.41, 5.74) is 3.73. The molecule has 0 saturated carbocycles. The molecule has 1 amide bonds. The third kappa shape index (κ3) is 6.84. The maximum absolute atomic E-state index is 12.2. The zero-order chi connectivity index (χ0) is 21.4. The Labute approximate surface area is 177 Å². The van der Waals surface area contributed by atoms with Crippen LogP contribution in [0.15, 0.2) is 42.7 Å². The number of pyridine rings is 1. The molecule has 0 aliphatic carbocycles. The Morgan fingerprint density at radius 2 is 1.97 bits per heavy atom. The van der Waals surface area contributed by atoms with Gasteiger partial charge in [-0.25, -0.2) is 4.84 Å². The molecule has 2 N–H and O–H groups in total. The highest BCUT2D eigenvalue weighted by molar-refractivity contribution is 6.14. The zero-order valence-electron chi connectivity index (χ0n) is 17.3. The van der Waals surface area contributed by atoms with Gasteiger partial charge in [-0.1, -0.05) is 39.0 Å². The molecule has 0 unspecified atom stereocenters. The van der Waals surface area contributed by atoms with E-state index in [2.05, 4.69) is 42.0 Å². The summed E-state index contributed by atoms with van der Waals surface area (Å²) in [6, 6.07) is 9.44. The van der Waals surface area contributed by atoms with E-state index in [0.717, 1.165) is 22.3 Å². The van der Waals surface area contributed by atoms with Gasteiger partial charge in [-0.15, -0.1) is 0 Å². The molecule has 1 heterocycles. The van der Waals surface area contributed by atoms with Crippen LogP contribution in [-0.2, 0) is 19.7 Å². The summed E-state index contributed by atoms with van der Waals surface area (Å²) >= 11 is 5.46. The van der Waals surface area contributed by atoms with E-state index in [9.17, 15) is 9.59 Å². The molecule has 156 valence electrons. The molecule has 0 bridgehead atoms. The Kier molecular flexibility index (Phi) is 8.17. The molecule has 0 saturated heterocycles. The molecule has 0 aliphatic rings. The van der Waals surface area contributed by atoms with Crippen LogP contribution in [0.25, 0.3) is 11.1 Å². The minimum Gasteiger partial charge on any atom is -0.466 e. The monoisotopic (exact) mass is 417 g/mol. The van der Waals surface area contributed by atoms with Crippen LogP contribution in [0, 0.1) is 0 Å². The zero-order valence-corrected chi connectivity index (χ0v) is 18.0. The summed E-state index contributed by atoms with van der Waals surface area (Å²) in [4.78, 5) is 30.9. The Hall–Kier alpha value is -2.44. The average molecular weight is 418 g/mol. The number of ether oxygens (including phenoxy) is 1. The number of hydrogen-bond acceptors (Lipinski definition) is 5. The number of halogens is 1. The van der Waals surface area contributed by atoms with Crippen molar-refractivity contribution in [3.63, 3.8) is 0 Å². The highest BCUT2D eigenvalue weighted by atomic mass is 35.5. The van der Waals surface area contributed by atoms with E-state index in [-0.39, 0.29) is 36.9 Å². The van der Waals surface area contributed by atoms with Crippen LogP contribution in [0.2, 0.25) is 0 Å². The molecule has 1 aromatic carbocycles. The van der Waals surface area contributed by atoms with E-state index in [0.29, 0.717) is 0 Å². The standard InChI is InChI=1S/C22H28ClN3O3/c1-5-29-21(28)12-19(26-20(27)14-25-23)17-9-16(15-7-6-8-24-13-15)10-18(11-17)22(2,3)4/h6-11,13,19,25H,5,12,14H2,1-4H3,(H,26,27)/t19-/m0/s1. The van der Waals surface area contributed by atoms with Crippen LogP contribution in [0.5, 0.6) is 0 Å². The van der Waals surface area contributed by atoms with Crippen molar-refractivity contribution in [1.82, 2.24) is 15.1 Å². The van der Waals surface area contributed by atoms with Crippen molar-refractivity contribution in [2.75, 3.05) is 13.2 Å². The van der Waals surface area contributed by atoms with Crippen molar-refractivity contribution in [3.05, 3.63) is 53.9 Å². The first-order valence-electron chi connectivity index (χ1n) is 9.59. The fourth-order valence-electron chi connectivity index (χ4n) is 2.93. The maximum atomic E-state index is 12.2. The van der Waals surface area contributed by atoms with Crippen LogP contribution in [0.4, 0.5) is 0 Å². The lowest BCUT2D eigenvalue weighted by molar-refractivity contribution is -0.143. The van der Waals surface area contributed by atoms with Gasteiger partial charge in [0.1, 0.15) is 0 Å². The van der Waals surface area contributed by atoms with Crippen LogP contribution in [0.3, 0.4) is 0 Å². The summed E-state index contributed by atoms with van der Waals surface area (Å²) in [7, 11) is 0. The summed E-state index contributed by atoms with van der Waals surface area (Å²) in [5.74, 6) is -0.681. The van der Waals surface area contributed by atoms with E-state index in [1.165, 1.54) is 0 Å². The molecule has 0 aliphatic heterocycles. The normalized spacial score (nSPS) is 12.3. The average Bonchev–Trinajstić information content (AvgIpc) is 2.67. The largest absolute Gasteiger partial charge is 0.466 e. The van der Waals surface area contributed by atoms with E-state index in [1.54, 1.807) is 19.3 Å². The molecule has 0 fully saturated rings. The lowest BCUT2D eigenvalue weighted by Crippen LogP contribution is -2.35. The molecule has 2 rings (SSSR count). The van der Waals surface area contributed by atoms with Crippen molar-refractivity contribution in [2.45, 2.75) is 45.6 Å². The summed E-state index contributed by atoms with van der Waals surface area (Å²) in [5, 5.41) is 2.88. The van der Waals surface area contributed by atoms with Crippen molar-refractivity contribution in [2.24, 2.45) is 0 Å². The van der Waals surface area contributed by atoms with Gasteiger partial charge in [0.15, 0.2) is 0 Å². The molecular weight excluding hydrogens is 390 g/mol. The van der Waals surface area contributed by atoms with Crippen molar-refractivity contribution >= 4 is 23.7 Å². The van der Waals surface area contributed by atoms with Crippen molar-refractivity contribution < 1.29 is 14.3 Å². The maximum Gasteiger partial charge on any atom is 0.308 e. The fraction of sp³-hybridized carbons (Fsp3) is 0.409. The molecule has 0 spiro atoms. The number of aromatic nitrogens is 1. The number of nitrogens with zero attached hydrogens (tertiary/aromatic N) is 1. The summed E-state index contributed by atoms with van der Waals surface area (Å²) in [6.45, 7) is 8.34. The molecular formula is C22H28ClN3O3. The molecule has 29 heavy (non-hydrogen) atoms. The Balaban J connectivity index is 2.51. The SMILES string of the molecule is CCOC(=O)C[C@H](NC(=O)CNCl)c1cc(-c2cccnc2)cc(C(C)(C)C)c1. The number of amides is 1. The first kappa shape index (κ1) is 22.8. The van der Waals surface area contributed by atoms with Gasteiger partial charge in [0.2, 0.25) is 5.91 Å². The van der Waals surface area contributed by atoms with Gasteiger partial charge in [0.25, 0.3) is 0 Å². The second-order valence-electron chi connectivity index (χ2n) is 7.78. The molecule has 1 atom stereocenters. The van der Waals surface area contributed by atoms with Crippen LogP contribution < -0.4 is 10.2 Å². The Morgan fingerprint density at radius 1 is 1.21 bits per heavy atom. The minimum atomic E-state index is -0.538. The molecule has 1 aromatic heterocycles. The lowest BCUT2D eigenvalue weighted by atomic mass is 9.83. The third-order valence-corrected chi connectivity index (χ3v) is 4.59. The molecule has 0 radical (unpaired) electrons. The van der Waals surface area contributed by atoms with Gasteiger partial charge in [-0.05, 0) is 52.9 Å². The van der Waals surface area contributed by atoms with E-state index >= 15 is 0 Å². The number of nitrogens with one attached hydrogen (secondary N) is 2. The second-order valence-corrected chi connectivity index (χ2v) is 8.04. The van der Waals surface area contributed by atoms with Crippen LogP contribution >= 0.6 is 11.8 Å². The Morgan fingerprint density at radius 3 is 2.55 bits per heavy atom. The number of benzene rings is 1. The van der Waals surface area contributed by atoms with Gasteiger partial charge in [0, 0.05) is 18.0 Å². The lowest BCUT2D eigenvalue weighted by Gasteiger charge is -2.25. The highest BCUT2D eigenvalue weighted by Gasteiger charge is 2.23. The third-order valence-electron chi connectivity index (χ3n) is 4.46. The molecule has 2 aromatic rings. The quantitative estimate of drug-likeness (QED) is 0.503. The van der Waals surface area contributed by atoms with Gasteiger partial charge in [-0.3, -0.25) is 14.6 Å². The molecule has 6 nitrogen and oxygen atoms in total. The topological polar surface area (TPSA) is 80.3 Å². The van der Waals surface area contributed by atoms with E-state index in [1.807, 2.05) is 24.3 Å². The first-order valence-corrected chi connectivity index (χ1v) is 9.96. The van der Waals surface area contributed by atoms with Crippen molar-refractivity contribution in [1.29, 1.82) is 0 Å². The molecule has 7 heteroatoms. The first-order chi connectivity index (χ1) is 13.7. The fourth-order valence-corrected chi connectivity index (χ4v) is 3.05. The predicted molar refractivity (Wildman–Crippen MR) is 114 cm³/mol. The smallest absolute Gasteiger partial charge is 0.308 e. The number of carbonyl (C=O) groups excluding carboxylic acids is 2. The number of esters is 1. The van der Waals surface area contributed by atoms with Gasteiger partial charge >= 0.3 is 5.97 Å². The summed E-state index contributed by atoms with van der Waals surface area (Å²) in [6.07, 6.45) is 3.55. The Bertz CT molecular complexity index is 815. The van der Waals surface area contributed by atoms with Gasteiger partial charge < -0.3 is 10.1 Å². The predicted octanol–water partition coefficient (Wildman–Crippen LogP) is 3.90. The van der Waals surface area contributed by atoms with Crippen molar-refractivity contribution in [3.8, 4) is 11.1 Å². The second kappa shape index (κ2) is 10.4.